The van der Waals surface area contributed by atoms with Crippen LogP contribution >= 0.6 is 0 Å². The van der Waals surface area contributed by atoms with Crippen LogP contribution in [0.2, 0.25) is 0 Å². The van der Waals surface area contributed by atoms with Gasteiger partial charge in [-0.15, -0.1) is 0 Å². The molecule has 1 aliphatic rings. The largest absolute Gasteiger partial charge is 0.491 e. The average molecular weight is 221 g/mol. The van der Waals surface area contributed by atoms with E-state index in [0.29, 0.717) is 6.61 Å². The van der Waals surface area contributed by atoms with Crippen LogP contribution in [0.15, 0.2) is 12.4 Å². The molecule has 0 aromatic carbocycles. The van der Waals surface area contributed by atoms with Crippen molar-refractivity contribution in [2.75, 3.05) is 24.6 Å². The molecule has 2 heterocycles. The first-order valence-corrected chi connectivity index (χ1v) is 5.99. The SMILES string of the molecule is CCOc1cnc(N2CCC(C)CC2)nc1. The fourth-order valence-electron chi connectivity index (χ4n) is 1.92. The number of aromatic nitrogens is 2. The van der Waals surface area contributed by atoms with Gasteiger partial charge in [0.15, 0.2) is 5.75 Å². The Balaban J connectivity index is 1.98. The maximum absolute atomic E-state index is 5.32. The molecule has 0 aliphatic carbocycles. The molecule has 2 rings (SSSR count). The summed E-state index contributed by atoms with van der Waals surface area (Å²) in [5.41, 5.74) is 0. The molecular formula is C12H19N3O. The zero-order valence-corrected chi connectivity index (χ0v) is 10.0. The van der Waals surface area contributed by atoms with Crippen molar-refractivity contribution in [3.8, 4) is 5.75 Å². The summed E-state index contributed by atoms with van der Waals surface area (Å²) in [5, 5.41) is 0. The van der Waals surface area contributed by atoms with Gasteiger partial charge in [0.05, 0.1) is 19.0 Å². The van der Waals surface area contributed by atoms with E-state index in [4.69, 9.17) is 4.74 Å². The first kappa shape index (κ1) is 11.2. The van der Waals surface area contributed by atoms with Crippen LogP contribution in [-0.2, 0) is 0 Å². The Morgan fingerprint density at radius 2 is 1.94 bits per heavy atom. The van der Waals surface area contributed by atoms with Gasteiger partial charge in [0.1, 0.15) is 0 Å². The van der Waals surface area contributed by atoms with E-state index in [-0.39, 0.29) is 0 Å². The fraction of sp³-hybridized carbons (Fsp3) is 0.667. The van der Waals surface area contributed by atoms with Crippen LogP contribution in [0.1, 0.15) is 26.7 Å². The molecular weight excluding hydrogens is 202 g/mol. The van der Waals surface area contributed by atoms with E-state index in [1.54, 1.807) is 12.4 Å². The molecule has 1 saturated heterocycles. The normalized spacial score (nSPS) is 17.5. The third-order valence-electron chi connectivity index (χ3n) is 2.99. The molecule has 0 amide bonds. The molecule has 1 fully saturated rings. The molecule has 16 heavy (non-hydrogen) atoms. The van der Waals surface area contributed by atoms with Crippen molar-refractivity contribution >= 4 is 5.95 Å². The Morgan fingerprint density at radius 3 is 2.50 bits per heavy atom. The monoisotopic (exact) mass is 221 g/mol. The summed E-state index contributed by atoms with van der Waals surface area (Å²) >= 11 is 0. The molecule has 4 heteroatoms. The number of nitrogens with zero attached hydrogens (tertiary/aromatic N) is 3. The lowest BCUT2D eigenvalue weighted by molar-refractivity contribution is 0.337. The second-order valence-corrected chi connectivity index (χ2v) is 4.32. The van der Waals surface area contributed by atoms with Crippen LogP contribution in [0.3, 0.4) is 0 Å². The van der Waals surface area contributed by atoms with E-state index < -0.39 is 0 Å². The van der Waals surface area contributed by atoms with Crippen molar-refractivity contribution in [2.45, 2.75) is 26.7 Å². The van der Waals surface area contributed by atoms with E-state index in [2.05, 4.69) is 21.8 Å². The Morgan fingerprint density at radius 1 is 1.31 bits per heavy atom. The lowest BCUT2D eigenvalue weighted by Crippen LogP contribution is -2.33. The van der Waals surface area contributed by atoms with Gasteiger partial charge in [-0.2, -0.15) is 0 Å². The van der Waals surface area contributed by atoms with E-state index in [1.165, 1.54) is 12.8 Å². The summed E-state index contributed by atoms with van der Waals surface area (Å²) in [6, 6.07) is 0. The smallest absolute Gasteiger partial charge is 0.225 e. The summed E-state index contributed by atoms with van der Waals surface area (Å²) in [5.74, 6) is 2.41. The highest BCUT2D eigenvalue weighted by molar-refractivity contribution is 5.31. The van der Waals surface area contributed by atoms with Gasteiger partial charge in [0.2, 0.25) is 5.95 Å². The Labute approximate surface area is 96.7 Å². The molecule has 0 saturated carbocycles. The van der Waals surface area contributed by atoms with Gasteiger partial charge in [0.25, 0.3) is 0 Å². The Hall–Kier alpha value is -1.32. The number of hydrogen-bond donors (Lipinski definition) is 0. The lowest BCUT2D eigenvalue weighted by atomic mass is 10.00. The summed E-state index contributed by atoms with van der Waals surface area (Å²) in [6.07, 6.45) is 5.97. The van der Waals surface area contributed by atoms with Gasteiger partial charge in [0, 0.05) is 13.1 Å². The molecule has 0 spiro atoms. The minimum absolute atomic E-state index is 0.657. The minimum Gasteiger partial charge on any atom is -0.491 e. The van der Waals surface area contributed by atoms with Gasteiger partial charge in [-0.25, -0.2) is 9.97 Å². The molecule has 1 aromatic rings. The number of ether oxygens (including phenoxy) is 1. The highest BCUT2D eigenvalue weighted by Crippen LogP contribution is 2.20. The van der Waals surface area contributed by atoms with Crippen molar-refractivity contribution in [1.29, 1.82) is 0 Å². The minimum atomic E-state index is 0.657. The van der Waals surface area contributed by atoms with Crippen molar-refractivity contribution < 1.29 is 4.74 Å². The molecule has 1 aliphatic heterocycles. The standard InChI is InChI=1S/C12H19N3O/c1-3-16-11-8-13-12(14-9-11)15-6-4-10(2)5-7-15/h8-10H,3-7H2,1-2H3. The molecule has 1 aromatic heterocycles. The maximum atomic E-state index is 5.32. The summed E-state index contributed by atoms with van der Waals surface area (Å²) in [4.78, 5) is 10.9. The predicted octanol–water partition coefficient (Wildman–Crippen LogP) is 2.11. The molecule has 0 unspecified atom stereocenters. The van der Waals surface area contributed by atoms with Gasteiger partial charge in [-0.05, 0) is 25.7 Å². The fourth-order valence-corrected chi connectivity index (χ4v) is 1.92. The van der Waals surface area contributed by atoms with Crippen LogP contribution < -0.4 is 9.64 Å². The van der Waals surface area contributed by atoms with E-state index in [1.807, 2.05) is 6.92 Å². The predicted molar refractivity (Wildman–Crippen MR) is 63.8 cm³/mol. The third kappa shape index (κ3) is 2.62. The molecule has 0 bridgehead atoms. The molecule has 0 N–H and O–H groups in total. The van der Waals surface area contributed by atoms with Crippen molar-refractivity contribution in [3.05, 3.63) is 12.4 Å². The average Bonchev–Trinajstić information content (AvgIpc) is 2.32. The van der Waals surface area contributed by atoms with Crippen LogP contribution in [0.5, 0.6) is 5.75 Å². The van der Waals surface area contributed by atoms with Crippen molar-refractivity contribution in [2.24, 2.45) is 5.92 Å². The lowest BCUT2D eigenvalue weighted by Gasteiger charge is -2.30. The topological polar surface area (TPSA) is 38.2 Å². The Kier molecular flexibility index (Phi) is 3.59. The summed E-state index contributed by atoms with van der Waals surface area (Å²) in [6.45, 7) is 7.05. The first-order valence-electron chi connectivity index (χ1n) is 5.99. The van der Waals surface area contributed by atoms with Gasteiger partial charge >= 0.3 is 0 Å². The Bertz CT molecular complexity index is 318. The van der Waals surface area contributed by atoms with Crippen LogP contribution in [0.4, 0.5) is 5.95 Å². The number of anilines is 1. The number of hydrogen-bond acceptors (Lipinski definition) is 4. The van der Waals surface area contributed by atoms with Crippen LogP contribution in [0.25, 0.3) is 0 Å². The summed E-state index contributed by atoms with van der Waals surface area (Å²) < 4.78 is 5.32. The molecule has 4 nitrogen and oxygen atoms in total. The number of piperidine rings is 1. The quantitative estimate of drug-likeness (QED) is 0.783. The molecule has 0 atom stereocenters. The first-order chi connectivity index (χ1) is 7.79. The van der Waals surface area contributed by atoms with Gasteiger partial charge < -0.3 is 9.64 Å². The van der Waals surface area contributed by atoms with Crippen LogP contribution in [0, 0.1) is 5.92 Å². The second kappa shape index (κ2) is 5.14. The van der Waals surface area contributed by atoms with E-state index in [9.17, 15) is 0 Å². The van der Waals surface area contributed by atoms with Gasteiger partial charge in [-0.3, -0.25) is 0 Å². The maximum Gasteiger partial charge on any atom is 0.225 e. The van der Waals surface area contributed by atoms with Crippen LogP contribution in [-0.4, -0.2) is 29.7 Å². The summed E-state index contributed by atoms with van der Waals surface area (Å²) in [7, 11) is 0. The molecule has 88 valence electrons. The van der Waals surface area contributed by atoms with Crippen molar-refractivity contribution in [1.82, 2.24) is 9.97 Å². The highest BCUT2D eigenvalue weighted by atomic mass is 16.5. The number of rotatable bonds is 3. The van der Waals surface area contributed by atoms with Gasteiger partial charge in [-0.1, -0.05) is 6.92 Å². The second-order valence-electron chi connectivity index (χ2n) is 4.32. The highest BCUT2D eigenvalue weighted by Gasteiger charge is 2.17. The zero-order valence-electron chi connectivity index (χ0n) is 10.0. The van der Waals surface area contributed by atoms with Crippen molar-refractivity contribution in [3.63, 3.8) is 0 Å². The third-order valence-corrected chi connectivity index (χ3v) is 2.99. The van der Waals surface area contributed by atoms with E-state index >= 15 is 0 Å². The zero-order chi connectivity index (χ0) is 11.4. The molecule has 0 radical (unpaired) electrons. The van der Waals surface area contributed by atoms with E-state index in [0.717, 1.165) is 30.7 Å².